The van der Waals surface area contributed by atoms with Gasteiger partial charge in [-0.2, -0.15) is 4.39 Å². The molecule has 0 saturated carbocycles. The van der Waals surface area contributed by atoms with E-state index in [-0.39, 0.29) is 37.2 Å². The van der Waals surface area contributed by atoms with Gasteiger partial charge in [-0.05, 0) is 44.5 Å². The van der Waals surface area contributed by atoms with Gasteiger partial charge in [0.2, 0.25) is 5.95 Å². The third-order valence-corrected chi connectivity index (χ3v) is 5.99. The van der Waals surface area contributed by atoms with E-state index in [0.717, 1.165) is 11.6 Å². The Bertz CT molecular complexity index is 1330. The van der Waals surface area contributed by atoms with E-state index in [9.17, 15) is 27.9 Å². The third kappa shape index (κ3) is 4.42. The molecule has 0 amide bonds. The first-order chi connectivity index (χ1) is 16.0. The van der Waals surface area contributed by atoms with Gasteiger partial charge in [-0.25, -0.2) is 23.5 Å². The maximum atomic E-state index is 13.7. The number of alkyl halides is 2. The van der Waals surface area contributed by atoms with Crippen molar-refractivity contribution in [2.75, 3.05) is 23.3 Å². The monoisotopic (exact) mass is 475 g/mol. The number of aromatic carboxylic acids is 1. The molecule has 0 spiro atoms. The molecule has 1 fully saturated rings. The molecule has 34 heavy (non-hydrogen) atoms. The SMILES string of the molecule is Cc1cc([C@@H](C)Nc2ccc(F)nc2C(=O)O)c2nc(N3CCC(F)(F)CC3)c(C)c(=O)n2c1. The van der Waals surface area contributed by atoms with Crippen molar-refractivity contribution >= 4 is 23.1 Å². The fraction of sp³-hybridized carbons (Fsp3) is 0.391. The average Bonchev–Trinajstić information content (AvgIpc) is 2.77. The van der Waals surface area contributed by atoms with E-state index >= 15 is 0 Å². The Morgan fingerprint density at radius 3 is 2.53 bits per heavy atom. The van der Waals surface area contributed by atoms with Crippen molar-refractivity contribution in [2.45, 2.75) is 45.6 Å². The number of anilines is 2. The van der Waals surface area contributed by atoms with Crippen LogP contribution in [-0.2, 0) is 0 Å². The molecule has 0 radical (unpaired) electrons. The van der Waals surface area contributed by atoms with Gasteiger partial charge in [0.25, 0.3) is 11.5 Å². The number of fused-ring (bicyclic) bond motifs is 1. The molecule has 1 saturated heterocycles. The normalized spacial score (nSPS) is 16.5. The lowest BCUT2D eigenvalue weighted by atomic mass is 10.1. The lowest BCUT2D eigenvalue weighted by Gasteiger charge is -2.33. The molecule has 1 aliphatic rings. The number of pyridine rings is 2. The molecule has 4 rings (SSSR count). The second-order valence-electron chi connectivity index (χ2n) is 8.58. The summed E-state index contributed by atoms with van der Waals surface area (Å²) in [5, 5.41) is 12.4. The van der Waals surface area contributed by atoms with E-state index in [1.807, 2.05) is 0 Å². The summed E-state index contributed by atoms with van der Waals surface area (Å²) < 4.78 is 42.2. The molecule has 180 valence electrons. The van der Waals surface area contributed by atoms with Crippen molar-refractivity contribution in [3.8, 4) is 0 Å². The molecule has 1 aliphatic heterocycles. The first-order valence-corrected chi connectivity index (χ1v) is 10.8. The van der Waals surface area contributed by atoms with Crippen molar-refractivity contribution in [2.24, 2.45) is 0 Å². The van der Waals surface area contributed by atoms with Crippen LogP contribution >= 0.6 is 0 Å². The number of hydrogen-bond acceptors (Lipinski definition) is 6. The number of rotatable bonds is 5. The van der Waals surface area contributed by atoms with Crippen LogP contribution in [0.2, 0.25) is 0 Å². The van der Waals surface area contributed by atoms with Crippen LogP contribution in [0, 0.1) is 19.8 Å². The summed E-state index contributed by atoms with van der Waals surface area (Å²) in [4.78, 5) is 34.5. The highest BCUT2D eigenvalue weighted by Gasteiger charge is 2.35. The molecule has 3 aromatic heterocycles. The summed E-state index contributed by atoms with van der Waals surface area (Å²) in [5.74, 6) is -4.69. The van der Waals surface area contributed by atoms with Gasteiger partial charge >= 0.3 is 5.97 Å². The Labute approximate surface area is 193 Å². The summed E-state index contributed by atoms with van der Waals surface area (Å²) in [6, 6.07) is 3.59. The molecule has 0 bridgehead atoms. The molecular weight excluding hydrogens is 451 g/mol. The average molecular weight is 475 g/mol. The minimum absolute atomic E-state index is 0.0780. The fourth-order valence-corrected chi connectivity index (χ4v) is 4.18. The molecule has 0 unspecified atom stereocenters. The zero-order chi connectivity index (χ0) is 24.8. The number of aryl methyl sites for hydroxylation is 1. The van der Waals surface area contributed by atoms with Crippen molar-refractivity contribution in [1.82, 2.24) is 14.4 Å². The maximum Gasteiger partial charge on any atom is 0.356 e. The highest BCUT2D eigenvalue weighted by atomic mass is 19.3. The summed E-state index contributed by atoms with van der Waals surface area (Å²) in [6.07, 6.45) is 1.01. The number of halogens is 3. The van der Waals surface area contributed by atoms with Gasteiger partial charge in [0.05, 0.1) is 17.3 Å². The lowest BCUT2D eigenvalue weighted by molar-refractivity contribution is -0.0221. The van der Waals surface area contributed by atoms with Gasteiger partial charge in [-0.15, -0.1) is 0 Å². The highest BCUT2D eigenvalue weighted by molar-refractivity contribution is 5.92. The second kappa shape index (κ2) is 8.62. The number of hydrogen-bond donors (Lipinski definition) is 2. The van der Waals surface area contributed by atoms with Crippen molar-refractivity contribution in [1.29, 1.82) is 0 Å². The fourth-order valence-electron chi connectivity index (χ4n) is 4.18. The number of nitrogens with one attached hydrogen (secondary N) is 1. The zero-order valence-electron chi connectivity index (χ0n) is 18.9. The summed E-state index contributed by atoms with van der Waals surface area (Å²) in [6.45, 7) is 5.33. The summed E-state index contributed by atoms with van der Waals surface area (Å²) in [7, 11) is 0. The maximum absolute atomic E-state index is 13.7. The Balaban J connectivity index is 1.79. The van der Waals surface area contributed by atoms with Gasteiger partial charge in [0.15, 0.2) is 5.69 Å². The van der Waals surface area contributed by atoms with E-state index in [1.54, 1.807) is 37.9 Å². The molecule has 3 aromatic rings. The topological polar surface area (TPSA) is 99.8 Å². The van der Waals surface area contributed by atoms with Crippen LogP contribution in [0.5, 0.6) is 0 Å². The Morgan fingerprint density at radius 1 is 1.21 bits per heavy atom. The van der Waals surface area contributed by atoms with Gasteiger partial charge in [-0.1, -0.05) is 0 Å². The molecule has 1 atom stereocenters. The standard InChI is InChI=1S/C23H24F3N5O3/c1-12-10-15(14(3)27-16-4-5-17(24)28-18(16)22(33)34)20-29-19(13(2)21(32)31(20)11-12)30-8-6-23(25,26)7-9-30/h4-5,10-11,14,27H,6-9H2,1-3H3,(H,33,34)/t14-/m1/s1. The predicted molar refractivity (Wildman–Crippen MR) is 121 cm³/mol. The van der Waals surface area contributed by atoms with E-state index in [2.05, 4.69) is 10.3 Å². The first-order valence-electron chi connectivity index (χ1n) is 10.8. The highest BCUT2D eigenvalue weighted by Crippen LogP contribution is 2.32. The molecule has 2 N–H and O–H groups in total. The Hall–Kier alpha value is -3.63. The van der Waals surface area contributed by atoms with Crippen LogP contribution < -0.4 is 15.8 Å². The van der Waals surface area contributed by atoms with E-state index in [1.165, 1.54) is 10.5 Å². The lowest BCUT2D eigenvalue weighted by Crippen LogP contribution is -2.41. The summed E-state index contributed by atoms with van der Waals surface area (Å²) in [5.41, 5.74) is 1.34. The zero-order valence-corrected chi connectivity index (χ0v) is 18.9. The predicted octanol–water partition coefficient (Wildman–Crippen LogP) is 3.95. The van der Waals surface area contributed by atoms with Crippen LogP contribution in [0.15, 0.2) is 29.2 Å². The minimum Gasteiger partial charge on any atom is -0.476 e. The van der Waals surface area contributed by atoms with Crippen molar-refractivity contribution < 1.29 is 23.1 Å². The molecule has 0 aromatic carbocycles. The van der Waals surface area contributed by atoms with E-state index < -0.39 is 29.6 Å². The Morgan fingerprint density at radius 2 is 1.88 bits per heavy atom. The van der Waals surface area contributed by atoms with Crippen molar-refractivity contribution in [3.63, 3.8) is 0 Å². The third-order valence-electron chi connectivity index (χ3n) is 5.99. The number of carboxylic acids is 1. The van der Waals surface area contributed by atoms with E-state index in [0.29, 0.717) is 22.6 Å². The van der Waals surface area contributed by atoms with Gasteiger partial charge in [0, 0.05) is 37.7 Å². The smallest absolute Gasteiger partial charge is 0.356 e. The number of carboxylic acid groups (broad SMARTS) is 1. The van der Waals surface area contributed by atoms with E-state index in [4.69, 9.17) is 4.98 Å². The van der Waals surface area contributed by atoms with Gasteiger partial charge in [-0.3, -0.25) is 9.20 Å². The van der Waals surface area contributed by atoms with Crippen LogP contribution in [-0.4, -0.2) is 44.5 Å². The summed E-state index contributed by atoms with van der Waals surface area (Å²) >= 11 is 0. The second-order valence-corrected chi connectivity index (χ2v) is 8.58. The van der Waals surface area contributed by atoms with Gasteiger partial charge < -0.3 is 15.3 Å². The minimum atomic E-state index is -2.73. The molecule has 4 heterocycles. The molecule has 11 heteroatoms. The molecule has 8 nitrogen and oxygen atoms in total. The van der Waals surface area contributed by atoms with Crippen LogP contribution in [0.25, 0.3) is 5.65 Å². The van der Waals surface area contributed by atoms with Crippen molar-refractivity contribution in [3.05, 3.63) is 63.1 Å². The number of carbonyl (C=O) groups is 1. The molecule has 0 aliphatic carbocycles. The number of aromatic nitrogens is 3. The van der Waals surface area contributed by atoms with Crippen LogP contribution in [0.4, 0.5) is 24.7 Å². The quantitative estimate of drug-likeness (QED) is 0.539. The van der Waals surface area contributed by atoms with Crippen LogP contribution in [0.1, 0.15) is 53.0 Å². The Kier molecular flexibility index (Phi) is 5.96. The van der Waals surface area contributed by atoms with Gasteiger partial charge in [0.1, 0.15) is 11.5 Å². The molecular formula is C23H24F3N5O3. The largest absolute Gasteiger partial charge is 0.476 e. The first kappa shape index (κ1) is 23.5. The number of piperidine rings is 1. The van der Waals surface area contributed by atoms with Crippen LogP contribution in [0.3, 0.4) is 0 Å². The number of nitrogens with zero attached hydrogens (tertiary/aromatic N) is 4.